The highest BCUT2D eigenvalue weighted by Gasteiger charge is 2.13. The first kappa shape index (κ1) is 15.7. The van der Waals surface area contributed by atoms with Crippen molar-refractivity contribution in [3.8, 4) is 11.3 Å². The maximum absolute atomic E-state index is 12.3. The van der Waals surface area contributed by atoms with Gasteiger partial charge in [0, 0.05) is 21.3 Å². The minimum atomic E-state index is -0.324. The molecule has 0 aliphatic carbocycles. The summed E-state index contributed by atoms with van der Waals surface area (Å²) in [6.45, 7) is 1.90. The van der Waals surface area contributed by atoms with Crippen LogP contribution in [0.3, 0.4) is 0 Å². The van der Waals surface area contributed by atoms with E-state index in [0.29, 0.717) is 21.5 Å². The summed E-state index contributed by atoms with van der Waals surface area (Å²) in [5.41, 5.74) is 2.44. The summed E-state index contributed by atoms with van der Waals surface area (Å²) in [5.74, 6) is 0.513. The second kappa shape index (κ2) is 6.49. The van der Waals surface area contributed by atoms with Gasteiger partial charge in [-0.25, -0.2) is 0 Å². The van der Waals surface area contributed by atoms with Crippen molar-refractivity contribution in [2.24, 2.45) is 0 Å². The van der Waals surface area contributed by atoms with Gasteiger partial charge in [0.05, 0.1) is 0 Å². The molecule has 0 saturated heterocycles. The zero-order valence-electron chi connectivity index (χ0n) is 12.3. The molecule has 0 radical (unpaired) electrons. The first-order valence-electron chi connectivity index (χ1n) is 6.96. The maximum atomic E-state index is 12.3. The van der Waals surface area contributed by atoms with Crippen molar-refractivity contribution in [1.82, 2.24) is 0 Å². The summed E-state index contributed by atoms with van der Waals surface area (Å²) >= 11 is 11.8. The van der Waals surface area contributed by atoms with E-state index >= 15 is 0 Å². The van der Waals surface area contributed by atoms with Gasteiger partial charge in [0.25, 0.3) is 5.91 Å². The van der Waals surface area contributed by atoms with Gasteiger partial charge in [-0.3, -0.25) is 4.79 Å². The normalized spacial score (nSPS) is 10.6. The molecular formula is C18H13Cl2NO2. The highest BCUT2D eigenvalue weighted by atomic mass is 35.5. The van der Waals surface area contributed by atoms with Gasteiger partial charge in [-0.05, 0) is 61.0 Å². The lowest BCUT2D eigenvalue weighted by Crippen LogP contribution is -2.11. The fourth-order valence-electron chi connectivity index (χ4n) is 2.14. The number of carbonyl (C=O) groups is 1. The first-order chi connectivity index (χ1) is 11.0. The van der Waals surface area contributed by atoms with E-state index in [4.69, 9.17) is 27.6 Å². The Balaban J connectivity index is 1.81. The number of carbonyl (C=O) groups excluding carboxylic acids is 1. The average molecular weight is 346 g/mol. The fourth-order valence-corrected chi connectivity index (χ4v) is 2.44. The molecule has 0 bridgehead atoms. The molecule has 0 aliphatic heterocycles. The molecule has 2 aromatic carbocycles. The molecule has 0 fully saturated rings. The van der Waals surface area contributed by atoms with E-state index in [1.165, 1.54) is 0 Å². The van der Waals surface area contributed by atoms with Crippen LogP contribution in [0.5, 0.6) is 0 Å². The molecule has 0 aliphatic rings. The minimum Gasteiger partial charge on any atom is -0.451 e. The lowest BCUT2D eigenvalue weighted by Gasteiger charge is -2.07. The largest absolute Gasteiger partial charge is 0.451 e. The van der Waals surface area contributed by atoms with Crippen LogP contribution >= 0.6 is 23.2 Å². The second-order valence-corrected chi connectivity index (χ2v) is 5.96. The topological polar surface area (TPSA) is 42.2 Å². The van der Waals surface area contributed by atoms with Crippen molar-refractivity contribution in [2.75, 3.05) is 5.32 Å². The summed E-state index contributed by atoms with van der Waals surface area (Å²) < 4.78 is 5.63. The fraction of sp³-hybridized carbons (Fsp3) is 0.0556. The van der Waals surface area contributed by atoms with Crippen LogP contribution in [-0.2, 0) is 0 Å². The molecule has 116 valence electrons. The van der Waals surface area contributed by atoms with Crippen molar-refractivity contribution in [1.29, 1.82) is 0 Å². The third kappa shape index (κ3) is 3.58. The molecule has 0 saturated carbocycles. The monoisotopic (exact) mass is 345 g/mol. The average Bonchev–Trinajstić information content (AvgIpc) is 3.02. The summed E-state index contributed by atoms with van der Waals surface area (Å²) in [6, 6.07) is 15.9. The minimum absolute atomic E-state index is 0.231. The van der Waals surface area contributed by atoms with Gasteiger partial charge in [0.1, 0.15) is 5.76 Å². The molecule has 0 unspecified atom stereocenters. The number of amides is 1. The van der Waals surface area contributed by atoms with Gasteiger partial charge in [-0.1, -0.05) is 29.3 Å². The Morgan fingerprint density at radius 3 is 2.39 bits per heavy atom. The Hall–Kier alpha value is -2.23. The number of furan rings is 1. The molecular weight excluding hydrogens is 333 g/mol. The van der Waals surface area contributed by atoms with Gasteiger partial charge >= 0.3 is 0 Å². The van der Waals surface area contributed by atoms with E-state index in [9.17, 15) is 4.79 Å². The molecule has 1 aromatic heterocycles. The van der Waals surface area contributed by atoms with Gasteiger partial charge in [0.15, 0.2) is 5.76 Å². The van der Waals surface area contributed by atoms with E-state index in [2.05, 4.69) is 5.32 Å². The van der Waals surface area contributed by atoms with E-state index in [1.54, 1.807) is 36.4 Å². The van der Waals surface area contributed by atoms with E-state index in [1.807, 2.05) is 25.1 Å². The van der Waals surface area contributed by atoms with Crippen LogP contribution in [0, 0.1) is 6.92 Å². The van der Waals surface area contributed by atoms with Crippen LogP contribution in [0.15, 0.2) is 59.0 Å². The van der Waals surface area contributed by atoms with Crippen LogP contribution < -0.4 is 5.32 Å². The lowest BCUT2D eigenvalue weighted by molar-refractivity contribution is 0.0997. The van der Waals surface area contributed by atoms with E-state index < -0.39 is 0 Å². The second-order valence-electron chi connectivity index (χ2n) is 5.08. The maximum Gasteiger partial charge on any atom is 0.291 e. The molecule has 0 spiro atoms. The Morgan fingerprint density at radius 2 is 1.65 bits per heavy atom. The van der Waals surface area contributed by atoms with Crippen molar-refractivity contribution in [3.63, 3.8) is 0 Å². The molecule has 3 rings (SSSR count). The predicted molar refractivity (Wildman–Crippen MR) is 93.3 cm³/mol. The Bertz CT molecular complexity index is 854. The van der Waals surface area contributed by atoms with E-state index in [-0.39, 0.29) is 11.7 Å². The number of hydrogen-bond donors (Lipinski definition) is 1. The number of aryl methyl sites for hydroxylation is 1. The molecule has 1 N–H and O–H groups in total. The Morgan fingerprint density at radius 1 is 0.957 bits per heavy atom. The molecule has 23 heavy (non-hydrogen) atoms. The van der Waals surface area contributed by atoms with Crippen LogP contribution in [0.4, 0.5) is 5.69 Å². The molecule has 0 atom stereocenters. The molecule has 3 aromatic rings. The molecule has 5 heteroatoms. The third-order valence-corrected chi connectivity index (χ3v) is 3.89. The lowest BCUT2D eigenvalue weighted by atomic mass is 10.2. The summed E-state index contributed by atoms with van der Waals surface area (Å²) in [6.07, 6.45) is 0. The highest BCUT2D eigenvalue weighted by molar-refractivity contribution is 6.31. The number of hydrogen-bond acceptors (Lipinski definition) is 2. The summed E-state index contributed by atoms with van der Waals surface area (Å²) in [5, 5.41) is 4.01. The quantitative estimate of drug-likeness (QED) is 0.650. The number of halogens is 2. The summed E-state index contributed by atoms with van der Waals surface area (Å²) in [7, 11) is 0. The number of nitrogens with one attached hydrogen (secondary N) is 1. The van der Waals surface area contributed by atoms with Crippen LogP contribution in [0.1, 0.15) is 16.1 Å². The van der Waals surface area contributed by atoms with Crippen LogP contribution in [-0.4, -0.2) is 5.91 Å². The zero-order chi connectivity index (χ0) is 16.4. The van der Waals surface area contributed by atoms with Gasteiger partial charge in [-0.15, -0.1) is 0 Å². The smallest absolute Gasteiger partial charge is 0.291 e. The summed E-state index contributed by atoms with van der Waals surface area (Å²) in [4.78, 5) is 12.3. The van der Waals surface area contributed by atoms with E-state index in [0.717, 1.165) is 11.1 Å². The standard InChI is InChI=1S/C18H13Cl2NO2/c1-11-2-5-14(20)10-15(11)21-18(22)17-9-8-16(23-17)12-3-6-13(19)7-4-12/h2-10H,1H3,(H,21,22). The van der Waals surface area contributed by atoms with Crippen LogP contribution in [0.2, 0.25) is 10.0 Å². The van der Waals surface area contributed by atoms with Gasteiger partial charge < -0.3 is 9.73 Å². The van der Waals surface area contributed by atoms with Crippen molar-refractivity contribution in [3.05, 3.63) is 76.0 Å². The third-order valence-electron chi connectivity index (χ3n) is 3.41. The molecule has 3 nitrogen and oxygen atoms in total. The molecule has 1 amide bonds. The van der Waals surface area contributed by atoms with Gasteiger partial charge in [-0.2, -0.15) is 0 Å². The van der Waals surface area contributed by atoms with Crippen molar-refractivity contribution >= 4 is 34.8 Å². The number of benzene rings is 2. The van der Waals surface area contributed by atoms with Gasteiger partial charge in [0.2, 0.25) is 0 Å². The van der Waals surface area contributed by atoms with Crippen molar-refractivity contribution in [2.45, 2.75) is 6.92 Å². The highest BCUT2D eigenvalue weighted by Crippen LogP contribution is 2.25. The Labute approximate surface area is 143 Å². The molecule has 1 heterocycles. The van der Waals surface area contributed by atoms with Crippen molar-refractivity contribution < 1.29 is 9.21 Å². The number of rotatable bonds is 3. The predicted octanol–water partition coefficient (Wildman–Crippen LogP) is 5.81. The Kier molecular flexibility index (Phi) is 4.42. The SMILES string of the molecule is Cc1ccc(Cl)cc1NC(=O)c1ccc(-c2ccc(Cl)cc2)o1. The van der Waals surface area contributed by atoms with Crippen LogP contribution in [0.25, 0.3) is 11.3 Å². The first-order valence-corrected chi connectivity index (χ1v) is 7.72. The zero-order valence-corrected chi connectivity index (χ0v) is 13.8. The number of anilines is 1.